The third kappa shape index (κ3) is 3.42. The summed E-state index contributed by atoms with van der Waals surface area (Å²) in [6.45, 7) is 1.73. The Bertz CT molecular complexity index is 832. The molecule has 0 bridgehead atoms. The summed E-state index contributed by atoms with van der Waals surface area (Å²) < 4.78 is 10.8. The lowest BCUT2D eigenvalue weighted by Gasteiger charge is -2.22. The van der Waals surface area contributed by atoms with Crippen molar-refractivity contribution in [1.82, 2.24) is 15.0 Å². The molecule has 4 rings (SSSR count). The molecule has 1 atom stereocenters. The van der Waals surface area contributed by atoms with Crippen molar-refractivity contribution in [2.45, 2.75) is 25.4 Å². The van der Waals surface area contributed by atoms with E-state index in [-0.39, 0.29) is 0 Å². The minimum absolute atomic E-state index is 0.424. The van der Waals surface area contributed by atoms with Crippen LogP contribution in [0.1, 0.15) is 30.3 Å². The number of hydrogen-bond donors (Lipinski definition) is 0. The number of likely N-dealkylation sites (tertiary alicyclic amines) is 1. The van der Waals surface area contributed by atoms with Crippen molar-refractivity contribution >= 4 is 0 Å². The van der Waals surface area contributed by atoms with Crippen LogP contribution in [0, 0.1) is 0 Å². The van der Waals surface area contributed by atoms with Gasteiger partial charge in [0.1, 0.15) is 5.75 Å². The van der Waals surface area contributed by atoms with Gasteiger partial charge < -0.3 is 9.26 Å². The Labute approximate surface area is 147 Å². The van der Waals surface area contributed by atoms with Gasteiger partial charge in [0.25, 0.3) is 0 Å². The van der Waals surface area contributed by atoms with E-state index in [1.807, 2.05) is 24.3 Å². The fourth-order valence-corrected chi connectivity index (χ4v) is 3.44. The molecule has 2 aromatic carbocycles. The van der Waals surface area contributed by atoms with Gasteiger partial charge in [-0.1, -0.05) is 47.6 Å². The van der Waals surface area contributed by atoms with Gasteiger partial charge in [-0.2, -0.15) is 4.98 Å². The highest BCUT2D eigenvalue weighted by molar-refractivity contribution is 5.56. The lowest BCUT2D eigenvalue weighted by molar-refractivity contribution is 0.212. The summed E-state index contributed by atoms with van der Waals surface area (Å²) in [5.74, 6) is 2.04. The van der Waals surface area contributed by atoms with Crippen molar-refractivity contribution < 1.29 is 9.26 Å². The monoisotopic (exact) mass is 335 g/mol. The summed E-state index contributed by atoms with van der Waals surface area (Å²) in [5.41, 5.74) is 2.25. The molecule has 0 saturated carbocycles. The Hall–Kier alpha value is -2.66. The molecule has 1 saturated heterocycles. The van der Waals surface area contributed by atoms with Crippen LogP contribution in [0.4, 0.5) is 0 Å². The SMILES string of the molecule is COc1cccc(-c2noc(CN3CCCC3c3ccccc3)n2)c1. The van der Waals surface area contributed by atoms with Crippen LogP contribution >= 0.6 is 0 Å². The molecule has 5 nitrogen and oxygen atoms in total. The van der Waals surface area contributed by atoms with E-state index in [9.17, 15) is 0 Å². The molecule has 5 heteroatoms. The van der Waals surface area contributed by atoms with Crippen molar-refractivity contribution in [2.24, 2.45) is 0 Å². The van der Waals surface area contributed by atoms with E-state index in [0.29, 0.717) is 24.3 Å². The van der Waals surface area contributed by atoms with Crippen LogP contribution < -0.4 is 4.74 Å². The van der Waals surface area contributed by atoms with Gasteiger partial charge in [-0.25, -0.2) is 0 Å². The first kappa shape index (κ1) is 15.8. The molecule has 3 aromatic rings. The molecule has 1 unspecified atom stereocenters. The van der Waals surface area contributed by atoms with Gasteiger partial charge in [0.2, 0.25) is 11.7 Å². The van der Waals surface area contributed by atoms with Crippen LogP contribution in [0.3, 0.4) is 0 Å². The Morgan fingerprint density at radius 3 is 2.88 bits per heavy atom. The normalized spacial score (nSPS) is 17.7. The van der Waals surface area contributed by atoms with E-state index >= 15 is 0 Å². The second kappa shape index (κ2) is 7.07. The van der Waals surface area contributed by atoms with Crippen LogP contribution in [0.2, 0.25) is 0 Å². The highest BCUT2D eigenvalue weighted by atomic mass is 16.5. The minimum Gasteiger partial charge on any atom is -0.497 e. The maximum absolute atomic E-state index is 5.50. The van der Waals surface area contributed by atoms with E-state index in [4.69, 9.17) is 9.26 Å². The largest absolute Gasteiger partial charge is 0.497 e. The molecule has 1 aliphatic heterocycles. The number of methoxy groups -OCH3 is 1. The summed E-state index contributed by atoms with van der Waals surface area (Å²) in [7, 11) is 1.65. The standard InChI is InChI=1S/C20H21N3O2/c1-24-17-10-5-9-16(13-17)20-21-19(25-22-20)14-23-12-6-11-18(23)15-7-3-2-4-8-15/h2-5,7-10,13,18H,6,11-12,14H2,1H3. The molecule has 1 aliphatic rings. The molecule has 0 spiro atoms. The summed E-state index contributed by atoms with van der Waals surface area (Å²) in [5, 5.41) is 4.13. The molecule has 0 N–H and O–H groups in total. The smallest absolute Gasteiger partial charge is 0.241 e. The molecule has 0 aliphatic carbocycles. The quantitative estimate of drug-likeness (QED) is 0.703. The van der Waals surface area contributed by atoms with Gasteiger partial charge in [0.05, 0.1) is 13.7 Å². The summed E-state index contributed by atoms with van der Waals surface area (Å²) in [6.07, 6.45) is 2.36. The van der Waals surface area contributed by atoms with Crippen LogP contribution in [0.15, 0.2) is 59.1 Å². The molecule has 1 fully saturated rings. The van der Waals surface area contributed by atoms with E-state index in [2.05, 4.69) is 45.4 Å². The predicted octanol–water partition coefficient (Wildman–Crippen LogP) is 4.08. The molecule has 128 valence electrons. The van der Waals surface area contributed by atoms with Gasteiger partial charge in [-0.05, 0) is 37.1 Å². The molecule has 0 radical (unpaired) electrons. The lowest BCUT2D eigenvalue weighted by Crippen LogP contribution is -2.22. The Morgan fingerprint density at radius 1 is 1.16 bits per heavy atom. The number of rotatable bonds is 5. The maximum Gasteiger partial charge on any atom is 0.241 e. The first-order valence-electron chi connectivity index (χ1n) is 8.59. The number of hydrogen-bond acceptors (Lipinski definition) is 5. The average molecular weight is 335 g/mol. The molecule has 25 heavy (non-hydrogen) atoms. The molecular weight excluding hydrogens is 314 g/mol. The van der Waals surface area contributed by atoms with Crippen LogP contribution in [-0.4, -0.2) is 28.7 Å². The van der Waals surface area contributed by atoms with Crippen molar-refractivity contribution in [3.8, 4) is 17.1 Å². The van der Waals surface area contributed by atoms with Crippen LogP contribution in [0.25, 0.3) is 11.4 Å². The Kier molecular flexibility index (Phi) is 4.48. The maximum atomic E-state index is 5.50. The fraction of sp³-hybridized carbons (Fsp3) is 0.300. The minimum atomic E-state index is 0.424. The zero-order valence-corrected chi connectivity index (χ0v) is 14.3. The Morgan fingerprint density at radius 2 is 2.04 bits per heavy atom. The van der Waals surface area contributed by atoms with Gasteiger partial charge in [-0.3, -0.25) is 4.90 Å². The second-order valence-corrected chi connectivity index (χ2v) is 6.28. The van der Waals surface area contributed by atoms with Gasteiger partial charge in [-0.15, -0.1) is 0 Å². The lowest BCUT2D eigenvalue weighted by atomic mass is 10.0. The van der Waals surface area contributed by atoms with Gasteiger partial charge in [0, 0.05) is 11.6 Å². The topological polar surface area (TPSA) is 51.4 Å². The van der Waals surface area contributed by atoms with E-state index in [1.165, 1.54) is 18.4 Å². The van der Waals surface area contributed by atoms with Gasteiger partial charge >= 0.3 is 0 Å². The first-order chi connectivity index (χ1) is 12.3. The van der Waals surface area contributed by atoms with E-state index < -0.39 is 0 Å². The molecule has 0 amide bonds. The number of benzene rings is 2. The first-order valence-corrected chi connectivity index (χ1v) is 8.59. The number of nitrogens with zero attached hydrogens (tertiary/aromatic N) is 3. The Balaban J connectivity index is 1.51. The van der Waals surface area contributed by atoms with Gasteiger partial charge in [0.15, 0.2) is 0 Å². The zero-order chi connectivity index (χ0) is 17.1. The molecular formula is C20H21N3O2. The zero-order valence-electron chi connectivity index (χ0n) is 14.3. The predicted molar refractivity (Wildman–Crippen MR) is 95.1 cm³/mol. The van der Waals surface area contributed by atoms with Crippen molar-refractivity contribution in [1.29, 1.82) is 0 Å². The third-order valence-corrected chi connectivity index (χ3v) is 4.68. The highest BCUT2D eigenvalue weighted by Crippen LogP contribution is 2.33. The molecule has 1 aromatic heterocycles. The fourth-order valence-electron chi connectivity index (χ4n) is 3.44. The third-order valence-electron chi connectivity index (χ3n) is 4.68. The van der Waals surface area contributed by atoms with Crippen molar-refractivity contribution in [3.05, 3.63) is 66.1 Å². The second-order valence-electron chi connectivity index (χ2n) is 6.28. The average Bonchev–Trinajstić information content (AvgIpc) is 3.32. The van der Waals surface area contributed by atoms with E-state index in [1.54, 1.807) is 7.11 Å². The van der Waals surface area contributed by atoms with Crippen molar-refractivity contribution in [2.75, 3.05) is 13.7 Å². The highest BCUT2D eigenvalue weighted by Gasteiger charge is 2.27. The number of aromatic nitrogens is 2. The number of ether oxygens (including phenoxy) is 1. The van der Waals surface area contributed by atoms with Crippen molar-refractivity contribution in [3.63, 3.8) is 0 Å². The van der Waals surface area contributed by atoms with Crippen LogP contribution in [-0.2, 0) is 6.54 Å². The molecule has 2 heterocycles. The summed E-state index contributed by atoms with van der Waals surface area (Å²) in [6, 6.07) is 18.8. The summed E-state index contributed by atoms with van der Waals surface area (Å²) >= 11 is 0. The van der Waals surface area contributed by atoms with Crippen LogP contribution in [0.5, 0.6) is 5.75 Å². The summed E-state index contributed by atoms with van der Waals surface area (Å²) in [4.78, 5) is 6.99. The van der Waals surface area contributed by atoms with E-state index in [0.717, 1.165) is 17.9 Å².